The number of carbonyl (C=O) groups excluding carboxylic acids is 1. The molecule has 7 heteroatoms. The van der Waals surface area contributed by atoms with Gasteiger partial charge in [0.25, 0.3) is 0 Å². The van der Waals surface area contributed by atoms with Gasteiger partial charge in [0.15, 0.2) is 0 Å². The summed E-state index contributed by atoms with van der Waals surface area (Å²) in [7, 11) is -3.72. The summed E-state index contributed by atoms with van der Waals surface area (Å²) >= 11 is 0. The average Bonchev–Trinajstić information content (AvgIpc) is 2.74. The highest BCUT2D eigenvalue weighted by atomic mass is 32.2. The van der Waals surface area contributed by atoms with E-state index in [4.69, 9.17) is 0 Å². The van der Waals surface area contributed by atoms with Gasteiger partial charge in [0.2, 0.25) is 15.9 Å². The number of rotatable bonds is 6. The van der Waals surface area contributed by atoms with Crippen LogP contribution in [0.1, 0.15) is 45.4 Å². The van der Waals surface area contributed by atoms with Gasteiger partial charge in [0.1, 0.15) is 5.82 Å². The van der Waals surface area contributed by atoms with Gasteiger partial charge in [0, 0.05) is 6.04 Å². The Morgan fingerprint density at radius 1 is 1.25 bits per heavy atom. The molecule has 0 radical (unpaired) electrons. The minimum absolute atomic E-state index is 0.140. The van der Waals surface area contributed by atoms with Crippen LogP contribution < -0.4 is 10.0 Å². The highest BCUT2D eigenvalue weighted by Gasteiger charge is 2.24. The molecule has 1 atom stereocenters. The Labute approximate surface area is 143 Å². The van der Waals surface area contributed by atoms with Gasteiger partial charge >= 0.3 is 0 Å². The van der Waals surface area contributed by atoms with E-state index in [2.05, 4.69) is 10.0 Å². The summed E-state index contributed by atoms with van der Waals surface area (Å²) in [5.41, 5.74) is 0.159. The Morgan fingerprint density at radius 2 is 1.92 bits per heavy atom. The van der Waals surface area contributed by atoms with Crippen LogP contribution in [0, 0.1) is 11.7 Å². The number of nitrogens with one attached hydrogen (secondary N) is 2. The lowest BCUT2D eigenvalue weighted by Gasteiger charge is -2.19. The zero-order chi connectivity index (χ0) is 17.6. The molecule has 1 fully saturated rings. The second kappa shape index (κ2) is 8.46. The van der Waals surface area contributed by atoms with Gasteiger partial charge in [0.05, 0.1) is 17.4 Å². The van der Waals surface area contributed by atoms with Crippen molar-refractivity contribution in [1.82, 2.24) is 5.32 Å². The molecule has 0 heterocycles. The van der Waals surface area contributed by atoms with Gasteiger partial charge < -0.3 is 5.32 Å². The van der Waals surface area contributed by atoms with Crippen molar-refractivity contribution < 1.29 is 17.6 Å². The molecule has 0 bridgehead atoms. The summed E-state index contributed by atoms with van der Waals surface area (Å²) in [6.45, 7) is 1.59. The van der Waals surface area contributed by atoms with Gasteiger partial charge in [-0.2, -0.15) is 0 Å². The maximum absolute atomic E-state index is 13.1. The maximum atomic E-state index is 13.1. The highest BCUT2D eigenvalue weighted by molar-refractivity contribution is 7.92. The molecule has 2 rings (SSSR count). The molecule has 5 nitrogen and oxygen atoms in total. The first kappa shape index (κ1) is 18.7. The second-order valence-electron chi connectivity index (χ2n) is 6.49. The lowest BCUT2D eigenvalue weighted by atomic mass is 10.1. The van der Waals surface area contributed by atoms with E-state index >= 15 is 0 Å². The first-order chi connectivity index (χ1) is 11.4. The highest BCUT2D eigenvalue weighted by Crippen LogP contribution is 2.18. The van der Waals surface area contributed by atoms with Crippen molar-refractivity contribution in [3.05, 3.63) is 30.1 Å². The summed E-state index contributed by atoms with van der Waals surface area (Å²) in [4.78, 5) is 12.2. The number of amides is 1. The van der Waals surface area contributed by atoms with Crippen molar-refractivity contribution in [2.45, 2.75) is 51.5 Å². The molecule has 0 aliphatic heterocycles. The van der Waals surface area contributed by atoms with Crippen LogP contribution >= 0.6 is 0 Å². The summed E-state index contributed by atoms with van der Waals surface area (Å²) in [6, 6.07) is 5.38. The van der Waals surface area contributed by atoms with Crippen LogP contribution in [0.4, 0.5) is 10.1 Å². The molecule has 0 saturated heterocycles. The van der Waals surface area contributed by atoms with Gasteiger partial charge in [-0.25, -0.2) is 12.8 Å². The van der Waals surface area contributed by atoms with Crippen molar-refractivity contribution in [3.63, 3.8) is 0 Å². The lowest BCUT2D eigenvalue weighted by Crippen LogP contribution is -2.40. The zero-order valence-corrected chi connectivity index (χ0v) is 14.7. The minimum atomic E-state index is -3.72. The Hall–Kier alpha value is -1.63. The van der Waals surface area contributed by atoms with Gasteiger partial charge in [-0.05, 0) is 31.0 Å². The molecule has 1 unspecified atom stereocenters. The standard InChI is InChI=1S/C17H25FN2O3S/c1-13(17(21)19-15-8-4-2-3-5-9-15)12-24(22,23)20-16-10-6-7-14(18)11-16/h6-7,10-11,13,15,20H,2-5,8-9,12H2,1H3,(H,19,21). The zero-order valence-electron chi connectivity index (χ0n) is 13.9. The Balaban J connectivity index is 1.89. The number of hydrogen-bond acceptors (Lipinski definition) is 3. The summed E-state index contributed by atoms with van der Waals surface area (Å²) < 4.78 is 39.8. The topological polar surface area (TPSA) is 75.3 Å². The van der Waals surface area contributed by atoms with Crippen molar-refractivity contribution >= 4 is 21.6 Å². The molecule has 1 amide bonds. The molecule has 2 N–H and O–H groups in total. The molecule has 1 saturated carbocycles. The van der Waals surface area contributed by atoms with Crippen LogP contribution in [0.25, 0.3) is 0 Å². The molecule has 134 valence electrons. The second-order valence-corrected chi connectivity index (χ2v) is 8.26. The third-order valence-corrected chi connectivity index (χ3v) is 5.70. The fraction of sp³-hybridized carbons (Fsp3) is 0.588. The predicted octanol–water partition coefficient (Wildman–Crippen LogP) is 3.04. The minimum Gasteiger partial charge on any atom is -0.353 e. The summed E-state index contributed by atoms with van der Waals surface area (Å²) in [5.74, 6) is -1.76. The van der Waals surface area contributed by atoms with E-state index in [1.807, 2.05) is 0 Å². The molecular weight excluding hydrogens is 331 g/mol. The van der Waals surface area contributed by atoms with Gasteiger partial charge in [-0.1, -0.05) is 38.7 Å². The first-order valence-electron chi connectivity index (χ1n) is 8.42. The fourth-order valence-electron chi connectivity index (χ4n) is 2.95. The van der Waals surface area contributed by atoms with E-state index in [1.54, 1.807) is 6.92 Å². The van der Waals surface area contributed by atoms with Crippen LogP contribution in [-0.2, 0) is 14.8 Å². The first-order valence-corrected chi connectivity index (χ1v) is 10.1. The van der Waals surface area contributed by atoms with Gasteiger partial charge in [-0.3, -0.25) is 9.52 Å². The van der Waals surface area contributed by atoms with Crippen molar-refractivity contribution in [2.75, 3.05) is 10.5 Å². The number of halogens is 1. The molecule has 24 heavy (non-hydrogen) atoms. The van der Waals surface area contributed by atoms with Crippen molar-refractivity contribution in [3.8, 4) is 0 Å². The quantitative estimate of drug-likeness (QED) is 0.769. The normalized spacial score (nSPS) is 17.8. The van der Waals surface area contributed by atoms with Gasteiger partial charge in [-0.15, -0.1) is 0 Å². The monoisotopic (exact) mass is 356 g/mol. The molecule has 1 aromatic rings. The molecule has 0 aromatic heterocycles. The van der Waals surface area contributed by atoms with E-state index < -0.39 is 21.8 Å². The number of benzene rings is 1. The van der Waals surface area contributed by atoms with Crippen molar-refractivity contribution in [1.29, 1.82) is 0 Å². The number of anilines is 1. The van der Waals surface area contributed by atoms with Crippen LogP contribution in [0.3, 0.4) is 0 Å². The molecule has 0 spiro atoms. The summed E-state index contributed by atoms with van der Waals surface area (Å²) in [5, 5.41) is 2.96. The fourth-order valence-corrected chi connectivity index (χ4v) is 4.32. The Bertz CT molecular complexity index is 656. The van der Waals surface area contributed by atoms with E-state index in [0.717, 1.165) is 31.7 Å². The van der Waals surface area contributed by atoms with Crippen LogP contribution in [0.2, 0.25) is 0 Å². The molecule has 1 aromatic carbocycles. The third kappa shape index (κ3) is 6.11. The van der Waals surface area contributed by atoms with E-state index in [0.29, 0.717) is 0 Å². The van der Waals surface area contributed by atoms with Crippen LogP contribution in [0.15, 0.2) is 24.3 Å². The SMILES string of the molecule is CC(CS(=O)(=O)Nc1cccc(F)c1)C(=O)NC1CCCCCC1. The summed E-state index contributed by atoms with van der Waals surface area (Å²) in [6.07, 6.45) is 6.47. The third-order valence-electron chi connectivity index (χ3n) is 4.22. The van der Waals surface area contributed by atoms with E-state index in [1.165, 1.54) is 31.0 Å². The molecule has 1 aliphatic carbocycles. The van der Waals surface area contributed by atoms with E-state index in [9.17, 15) is 17.6 Å². The number of carbonyl (C=O) groups is 1. The molecule has 1 aliphatic rings. The Morgan fingerprint density at radius 3 is 2.54 bits per heavy atom. The molecular formula is C17H25FN2O3S. The van der Waals surface area contributed by atoms with Crippen LogP contribution in [-0.4, -0.2) is 26.1 Å². The van der Waals surface area contributed by atoms with E-state index in [-0.39, 0.29) is 23.4 Å². The predicted molar refractivity (Wildman–Crippen MR) is 92.6 cm³/mol. The number of sulfonamides is 1. The smallest absolute Gasteiger partial charge is 0.233 e. The maximum Gasteiger partial charge on any atom is 0.233 e. The van der Waals surface area contributed by atoms with Crippen molar-refractivity contribution in [2.24, 2.45) is 5.92 Å². The Kier molecular flexibility index (Phi) is 6.60. The number of hydrogen-bond donors (Lipinski definition) is 2. The van der Waals surface area contributed by atoms with Crippen LogP contribution in [0.5, 0.6) is 0 Å². The largest absolute Gasteiger partial charge is 0.353 e. The average molecular weight is 356 g/mol. The lowest BCUT2D eigenvalue weighted by molar-refractivity contribution is -0.124.